The average Bonchev–Trinajstić information content (AvgIpc) is 3.06. The number of halogens is 3. The van der Waals surface area contributed by atoms with Crippen molar-refractivity contribution < 1.29 is 24.0 Å². The van der Waals surface area contributed by atoms with Crippen molar-refractivity contribution in [3.63, 3.8) is 0 Å². The zero-order valence-electron chi connectivity index (χ0n) is 16.5. The van der Waals surface area contributed by atoms with Crippen LogP contribution in [-0.2, 0) is 9.59 Å². The Bertz CT molecular complexity index is 1360. The van der Waals surface area contributed by atoms with Gasteiger partial charge < -0.3 is 5.11 Å². The highest BCUT2D eigenvalue weighted by Crippen LogP contribution is 2.43. The smallest absolute Gasteiger partial charge is 0.300 e. The summed E-state index contributed by atoms with van der Waals surface area (Å²) in [7, 11) is 0. The minimum Gasteiger partial charge on any atom is -0.507 e. The summed E-state index contributed by atoms with van der Waals surface area (Å²) in [5.74, 6) is -3.31. The van der Waals surface area contributed by atoms with Crippen LogP contribution in [0.1, 0.15) is 17.2 Å². The number of non-ortho nitro benzene ring substituents is 1. The molecule has 4 rings (SSSR count). The number of nitro groups is 1. The number of benzene rings is 3. The number of nitro benzene ring substituents is 1. The van der Waals surface area contributed by atoms with Crippen molar-refractivity contribution >= 4 is 52.0 Å². The lowest BCUT2D eigenvalue weighted by Crippen LogP contribution is -2.29. The number of hydrogen-bond acceptors (Lipinski definition) is 5. The summed E-state index contributed by atoms with van der Waals surface area (Å²) in [5, 5.41) is 22.5. The van der Waals surface area contributed by atoms with Crippen molar-refractivity contribution in [2.75, 3.05) is 4.90 Å². The topological polar surface area (TPSA) is 101 Å². The molecule has 0 radical (unpaired) electrons. The van der Waals surface area contributed by atoms with Gasteiger partial charge in [0.25, 0.3) is 17.4 Å². The Morgan fingerprint density at radius 2 is 1.73 bits per heavy atom. The quantitative estimate of drug-likeness (QED) is 0.168. The number of rotatable bonds is 4. The van der Waals surface area contributed by atoms with Crippen molar-refractivity contribution in [2.24, 2.45) is 0 Å². The molecule has 1 aliphatic heterocycles. The van der Waals surface area contributed by atoms with Gasteiger partial charge >= 0.3 is 0 Å². The number of anilines is 1. The minimum atomic E-state index is -1.19. The Kier molecular flexibility index (Phi) is 5.88. The summed E-state index contributed by atoms with van der Waals surface area (Å²) in [4.78, 5) is 37.6. The fourth-order valence-corrected chi connectivity index (χ4v) is 3.95. The molecule has 3 aromatic carbocycles. The maximum atomic E-state index is 13.9. The zero-order chi connectivity index (χ0) is 23.9. The highest BCUT2D eigenvalue weighted by atomic mass is 35.5. The largest absolute Gasteiger partial charge is 0.507 e. The molecule has 7 nitrogen and oxygen atoms in total. The third-order valence-corrected chi connectivity index (χ3v) is 5.86. The molecule has 0 bridgehead atoms. The third-order valence-electron chi connectivity index (χ3n) is 5.12. The van der Waals surface area contributed by atoms with Gasteiger partial charge in [-0.1, -0.05) is 47.5 Å². The minimum absolute atomic E-state index is 0.0356. The van der Waals surface area contributed by atoms with Gasteiger partial charge in [-0.15, -0.1) is 0 Å². The molecule has 1 aliphatic rings. The molecule has 1 unspecified atom stereocenters. The van der Waals surface area contributed by atoms with Gasteiger partial charge in [0.2, 0.25) is 0 Å². The second kappa shape index (κ2) is 8.65. The molecule has 1 fully saturated rings. The number of Topliss-reactive ketones (excluding diaryl/α,β-unsaturated/α-hetero) is 1. The lowest BCUT2D eigenvalue weighted by Gasteiger charge is -2.25. The molecular formula is C23H13Cl2FN2O5. The summed E-state index contributed by atoms with van der Waals surface area (Å²) < 4.78 is 13.9. The van der Waals surface area contributed by atoms with E-state index in [-0.39, 0.29) is 32.6 Å². The molecule has 10 heteroatoms. The van der Waals surface area contributed by atoms with E-state index >= 15 is 0 Å². The van der Waals surface area contributed by atoms with Crippen LogP contribution >= 0.6 is 23.2 Å². The van der Waals surface area contributed by atoms with Crippen molar-refractivity contribution in [1.82, 2.24) is 0 Å². The fourth-order valence-electron chi connectivity index (χ4n) is 3.64. The lowest BCUT2D eigenvalue weighted by molar-refractivity contribution is -0.384. The number of nitrogens with zero attached hydrogens (tertiary/aromatic N) is 2. The summed E-state index contributed by atoms with van der Waals surface area (Å²) >= 11 is 12.2. The molecule has 1 heterocycles. The molecule has 1 amide bonds. The Balaban J connectivity index is 1.98. The Morgan fingerprint density at radius 1 is 1.00 bits per heavy atom. The third kappa shape index (κ3) is 4.06. The Labute approximate surface area is 196 Å². The number of ketones is 1. The fraction of sp³-hybridized carbons (Fsp3) is 0.0435. The number of hydrogen-bond donors (Lipinski definition) is 1. The normalized spacial score (nSPS) is 17.4. The summed E-state index contributed by atoms with van der Waals surface area (Å²) in [6.07, 6.45) is 0. The predicted molar refractivity (Wildman–Crippen MR) is 121 cm³/mol. The first-order chi connectivity index (χ1) is 15.7. The van der Waals surface area contributed by atoms with Crippen LogP contribution < -0.4 is 4.90 Å². The first-order valence-electron chi connectivity index (χ1n) is 9.45. The van der Waals surface area contributed by atoms with E-state index in [1.165, 1.54) is 54.6 Å². The number of aliphatic hydroxyl groups excluding tert-OH is 1. The molecule has 33 heavy (non-hydrogen) atoms. The van der Waals surface area contributed by atoms with Gasteiger partial charge in [0.1, 0.15) is 11.6 Å². The maximum Gasteiger partial charge on any atom is 0.300 e. The van der Waals surface area contributed by atoms with Crippen LogP contribution in [0.3, 0.4) is 0 Å². The summed E-state index contributed by atoms with van der Waals surface area (Å²) in [6.45, 7) is 0. The number of carbonyl (C=O) groups excluding carboxylic acids is 2. The van der Waals surface area contributed by atoms with Crippen molar-refractivity contribution in [2.45, 2.75) is 6.04 Å². The number of amides is 1. The molecule has 166 valence electrons. The highest BCUT2D eigenvalue weighted by molar-refractivity contribution is 6.51. The maximum absolute atomic E-state index is 13.9. The molecule has 0 aromatic heterocycles. The van der Waals surface area contributed by atoms with Crippen LogP contribution in [0.4, 0.5) is 15.8 Å². The van der Waals surface area contributed by atoms with Crippen LogP contribution in [0.25, 0.3) is 5.76 Å². The molecular weight excluding hydrogens is 474 g/mol. The van der Waals surface area contributed by atoms with Gasteiger partial charge in [0, 0.05) is 23.4 Å². The Morgan fingerprint density at radius 3 is 2.39 bits per heavy atom. The van der Waals surface area contributed by atoms with E-state index in [4.69, 9.17) is 23.2 Å². The van der Waals surface area contributed by atoms with Crippen LogP contribution in [0, 0.1) is 15.9 Å². The highest BCUT2D eigenvalue weighted by Gasteiger charge is 2.47. The second-order valence-corrected chi connectivity index (χ2v) is 7.94. The second-order valence-electron chi connectivity index (χ2n) is 7.13. The van der Waals surface area contributed by atoms with Crippen LogP contribution in [-0.4, -0.2) is 21.7 Å². The SMILES string of the molecule is O=C1C(=O)N(c2cccc(F)c2)C(c2ccc(Cl)c(Cl)c2)/C1=C(/O)c1cccc([N+](=O)[O-])c1. The van der Waals surface area contributed by atoms with Crippen LogP contribution in [0.2, 0.25) is 10.0 Å². The molecule has 0 spiro atoms. The van der Waals surface area contributed by atoms with E-state index < -0.39 is 34.2 Å². The van der Waals surface area contributed by atoms with Crippen LogP contribution in [0.5, 0.6) is 0 Å². The predicted octanol–water partition coefficient (Wildman–Crippen LogP) is 5.67. The first kappa shape index (κ1) is 22.4. The van der Waals surface area contributed by atoms with Gasteiger partial charge in [-0.25, -0.2) is 4.39 Å². The summed E-state index contributed by atoms with van der Waals surface area (Å²) in [6, 6.07) is 13.3. The molecule has 0 aliphatic carbocycles. The van der Waals surface area contributed by atoms with Gasteiger partial charge in [-0.2, -0.15) is 0 Å². The van der Waals surface area contributed by atoms with Gasteiger partial charge in [-0.05, 0) is 35.9 Å². The zero-order valence-corrected chi connectivity index (χ0v) is 18.0. The monoisotopic (exact) mass is 486 g/mol. The lowest BCUT2D eigenvalue weighted by atomic mass is 9.95. The van der Waals surface area contributed by atoms with Crippen LogP contribution in [0.15, 0.2) is 72.3 Å². The van der Waals surface area contributed by atoms with Crippen molar-refractivity contribution in [3.8, 4) is 0 Å². The number of carbonyl (C=O) groups is 2. The standard InChI is InChI=1S/C23H13Cl2FN2O5/c24-17-8-7-12(10-18(17)25)20-19(21(29)13-3-1-6-16(9-13)28(32)33)22(30)23(31)27(20)15-5-2-4-14(26)11-15/h1-11,20,29H/b21-19-. The molecule has 1 N–H and O–H groups in total. The molecule has 1 atom stereocenters. The van der Waals surface area contributed by atoms with E-state index in [0.717, 1.165) is 17.0 Å². The molecule has 3 aromatic rings. The molecule has 1 saturated heterocycles. The summed E-state index contributed by atoms with van der Waals surface area (Å²) in [5.41, 5.74) is -0.287. The average molecular weight is 487 g/mol. The molecule has 0 saturated carbocycles. The van der Waals surface area contributed by atoms with Crippen molar-refractivity contribution in [3.05, 3.63) is 109 Å². The van der Waals surface area contributed by atoms with E-state index in [1.807, 2.05) is 0 Å². The van der Waals surface area contributed by atoms with Gasteiger partial charge in [0.15, 0.2) is 0 Å². The van der Waals surface area contributed by atoms with E-state index in [2.05, 4.69) is 0 Å². The van der Waals surface area contributed by atoms with Gasteiger partial charge in [0.05, 0.1) is 26.6 Å². The number of aliphatic hydroxyl groups is 1. The first-order valence-corrected chi connectivity index (χ1v) is 10.2. The van der Waals surface area contributed by atoms with Crippen molar-refractivity contribution in [1.29, 1.82) is 0 Å². The van der Waals surface area contributed by atoms with E-state index in [9.17, 15) is 29.2 Å². The Hall–Kier alpha value is -3.75. The van der Waals surface area contributed by atoms with E-state index in [1.54, 1.807) is 0 Å². The van der Waals surface area contributed by atoms with E-state index in [0.29, 0.717) is 5.56 Å². The van der Waals surface area contributed by atoms with Gasteiger partial charge in [-0.3, -0.25) is 24.6 Å².